The van der Waals surface area contributed by atoms with Crippen LogP contribution < -0.4 is 0 Å². The molecule has 0 amide bonds. The van der Waals surface area contributed by atoms with Crippen LogP contribution in [0.1, 0.15) is 18.4 Å². The third kappa shape index (κ3) is 3.58. The highest BCUT2D eigenvalue weighted by atomic mass is 32.2. The summed E-state index contributed by atoms with van der Waals surface area (Å²) in [4.78, 5) is 11.6. The number of ether oxygens (including phenoxy) is 1. The van der Waals surface area contributed by atoms with Crippen molar-refractivity contribution in [3.8, 4) is 0 Å². The number of nitrogens with zero attached hydrogens (tertiary/aromatic N) is 1. The number of sulfonamides is 1. The van der Waals surface area contributed by atoms with Crippen molar-refractivity contribution in [2.45, 2.75) is 18.6 Å². The summed E-state index contributed by atoms with van der Waals surface area (Å²) in [7, 11) is -2.05. The van der Waals surface area contributed by atoms with Crippen LogP contribution in [0.15, 0.2) is 30.3 Å². The number of methoxy groups -OCH3 is 1. The second-order valence-corrected chi connectivity index (χ2v) is 6.93. The highest BCUT2D eigenvalue weighted by Gasteiger charge is 2.32. The first-order valence-corrected chi connectivity index (χ1v) is 8.23. The predicted octanol–water partition coefficient (Wildman–Crippen LogP) is 1.40. The highest BCUT2D eigenvalue weighted by Crippen LogP contribution is 2.22. The summed E-state index contributed by atoms with van der Waals surface area (Å²) in [5, 5.41) is 0. The van der Waals surface area contributed by atoms with E-state index >= 15 is 0 Å². The molecule has 1 aromatic carbocycles. The van der Waals surface area contributed by atoms with Crippen LogP contribution in [-0.4, -0.2) is 38.9 Å². The van der Waals surface area contributed by atoms with E-state index in [9.17, 15) is 13.2 Å². The molecular weight excluding hydrogens is 278 g/mol. The van der Waals surface area contributed by atoms with Gasteiger partial charge < -0.3 is 4.74 Å². The maximum Gasteiger partial charge on any atom is 0.309 e. The minimum atomic E-state index is -3.39. The van der Waals surface area contributed by atoms with Crippen molar-refractivity contribution in [2.24, 2.45) is 5.92 Å². The van der Waals surface area contributed by atoms with Crippen LogP contribution in [-0.2, 0) is 25.3 Å². The fourth-order valence-corrected chi connectivity index (χ4v) is 4.04. The standard InChI is InChI=1S/C14H19NO4S/c1-19-14(16)13-8-5-9-15(10-13)20(17,18)11-12-6-3-2-4-7-12/h2-4,6-7,13H,5,8-11H2,1H3. The average molecular weight is 297 g/mol. The molecule has 0 aromatic heterocycles. The first-order valence-electron chi connectivity index (χ1n) is 6.62. The smallest absolute Gasteiger partial charge is 0.309 e. The third-order valence-corrected chi connectivity index (χ3v) is 5.32. The minimum Gasteiger partial charge on any atom is -0.469 e. The molecule has 110 valence electrons. The SMILES string of the molecule is COC(=O)C1CCCN(S(=O)(=O)Cc2ccccc2)C1. The monoisotopic (exact) mass is 297 g/mol. The Morgan fingerprint density at radius 3 is 2.70 bits per heavy atom. The van der Waals surface area contributed by atoms with Crippen molar-refractivity contribution in [2.75, 3.05) is 20.2 Å². The number of hydrogen-bond acceptors (Lipinski definition) is 4. The second kappa shape index (κ2) is 6.37. The van der Waals surface area contributed by atoms with Gasteiger partial charge in [0.25, 0.3) is 0 Å². The van der Waals surface area contributed by atoms with Crippen LogP contribution in [0.3, 0.4) is 0 Å². The molecule has 0 spiro atoms. The maximum absolute atomic E-state index is 12.4. The quantitative estimate of drug-likeness (QED) is 0.788. The zero-order valence-electron chi connectivity index (χ0n) is 11.5. The van der Waals surface area contributed by atoms with E-state index in [0.29, 0.717) is 19.4 Å². The van der Waals surface area contributed by atoms with Gasteiger partial charge in [-0.15, -0.1) is 0 Å². The van der Waals surface area contributed by atoms with Gasteiger partial charge in [-0.2, -0.15) is 0 Å². The van der Waals surface area contributed by atoms with Crippen LogP contribution in [0, 0.1) is 5.92 Å². The van der Waals surface area contributed by atoms with Crippen LogP contribution in [0.5, 0.6) is 0 Å². The van der Waals surface area contributed by atoms with E-state index in [2.05, 4.69) is 0 Å². The molecule has 2 rings (SSSR count). The molecule has 1 unspecified atom stereocenters. The topological polar surface area (TPSA) is 63.7 Å². The summed E-state index contributed by atoms with van der Waals surface area (Å²) in [5.74, 6) is -0.703. The second-order valence-electron chi connectivity index (χ2n) is 4.96. The lowest BCUT2D eigenvalue weighted by molar-refractivity contribution is -0.146. The van der Waals surface area contributed by atoms with Crippen molar-refractivity contribution in [1.29, 1.82) is 0 Å². The predicted molar refractivity (Wildman–Crippen MR) is 75.4 cm³/mol. The van der Waals surface area contributed by atoms with Gasteiger partial charge in [-0.3, -0.25) is 4.79 Å². The van der Waals surface area contributed by atoms with Gasteiger partial charge >= 0.3 is 5.97 Å². The third-order valence-electron chi connectivity index (χ3n) is 3.50. The Morgan fingerprint density at radius 2 is 2.05 bits per heavy atom. The Hall–Kier alpha value is -1.40. The zero-order chi connectivity index (χ0) is 14.6. The summed E-state index contributed by atoms with van der Waals surface area (Å²) in [6.45, 7) is 0.699. The van der Waals surface area contributed by atoms with Gasteiger partial charge in [-0.25, -0.2) is 12.7 Å². The lowest BCUT2D eigenvalue weighted by atomic mass is 10.0. The molecule has 0 bridgehead atoms. The van der Waals surface area contributed by atoms with Gasteiger partial charge in [0.15, 0.2) is 0 Å². The van der Waals surface area contributed by atoms with Gasteiger partial charge in [0.2, 0.25) is 10.0 Å². The Labute approximate surface area is 119 Å². The largest absolute Gasteiger partial charge is 0.469 e. The normalized spacial score (nSPS) is 20.6. The summed E-state index contributed by atoms with van der Waals surface area (Å²) < 4.78 is 30.9. The molecule has 1 heterocycles. The Morgan fingerprint density at radius 1 is 1.35 bits per heavy atom. The number of carbonyl (C=O) groups is 1. The number of rotatable bonds is 4. The summed E-state index contributed by atoms with van der Waals surface area (Å²) in [6, 6.07) is 9.07. The minimum absolute atomic E-state index is 0.0261. The van der Waals surface area contributed by atoms with Crippen LogP contribution in [0.25, 0.3) is 0 Å². The molecule has 1 aliphatic rings. The van der Waals surface area contributed by atoms with Gasteiger partial charge in [0, 0.05) is 13.1 Å². The van der Waals surface area contributed by atoms with Gasteiger partial charge in [0.1, 0.15) is 0 Å². The van der Waals surface area contributed by atoms with Crippen LogP contribution in [0.4, 0.5) is 0 Å². The van der Waals surface area contributed by atoms with Crippen molar-refractivity contribution in [3.63, 3.8) is 0 Å². The van der Waals surface area contributed by atoms with E-state index in [1.807, 2.05) is 18.2 Å². The zero-order valence-corrected chi connectivity index (χ0v) is 12.3. The summed E-state index contributed by atoms with van der Waals surface area (Å²) in [6.07, 6.45) is 1.37. The van der Waals surface area contributed by atoms with Crippen LogP contribution >= 0.6 is 0 Å². The van der Waals surface area contributed by atoms with E-state index in [4.69, 9.17) is 4.74 Å². The number of carbonyl (C=O) groups excluding carboxylic acids is 1. The van der Waals surface area contributed by atoms with Crippen LogP contribution in [0.2, 0.25) is 0 Å². The highest BCUT2D eigenvalue weighted by molar-refractivity contribution is 7.88. The molecular formula is C14H19NO4S. The summed E-state index contributed by atoms with van der Waals surface area (Å²) in [5.41, 5.74) is 0.757. The molecule has 1 aliphatic heterocycles. The lowest BCUT2D eigenvalue weighted by Crippen LogP contribution is -2.43. The Bertz CT molecular complexity index is 556. The fraction of sp³-hybridized carbons (Fsp3) is 0.500. The number of piperidine rings is 1. The Kier molecular flexibility index (Phi) is 4.77. The van der Waals surface area contributed by atoms with Crippen molar-refractivity contribution in [3.05, 3.63) is 35.9 Å². The van der Waals surface area contributed by atoms with Gasteiger partial charge in [-0.1, -0.05) is 30.3 Å². The first kappa shape index (κ1) is 15.0. The summed E-state index contributed by atoms with van der Waals surface area (Å²) >= 11 is 0. The molecule has 5 nitrogen and oxygen atoms in total. The molecule has 0 saturated carbocycles. The molecule has 0 aliphatic carbocycles. The van der Waals surface area contributed by atoms with Crippen molar-refractivity contribution >= 4 is 16.0 Å². The van der Waals surface area contributed by atoms with Crippen molar-refractivity contribution < 1.29 is 17.9 Å². The van der Waals surface area contributed by atoms with E-state index in [1.54, 1.807) is 12.1 Å². The number of esters is 1. The molecule has 1 saturated heterocycles. The van der Waals surface area contributed by atoms with E-state index in [-0.39, 0.29) is 24.2 Å². The molecule has 1 atom stereocenters. The maximum atomic E-state index is 12.4. The first-order chi connectivity index (χ1) is 9.53. The van der Waals surface area contributed by atoms with Crippen molar-refractivity contribution in [1.82, 2.24) is 4.31 Å². The van der Waals surface area contributed by atoms with Gasteiger partial charge in [0.05, 0.1) is 18.8 Å². The number of benzene rings is 1. The molecule has 0 N–H and O–H groups in total. The molecule has 6 heteroatoms. The fourth-order valence-electron chi connectivity index (χ4n) is 2.43. The molecule has 20 heavy (non-hydrogen) atoms. The molecule has 0 radical (unpaired) electrons. The average Bonchev–Trinajstić information content (AvgIpc) is 2.47. The lowest BCUT2D eigenvalue weighted by Gasteiger charge is -2.30. The molecule has 1 fully saturated rings. The van der Waals surface area contributed by atoms with E-state index < -0.39 is 10.0 Å². The Balaban J connectivity index is 2.07. The molecule has 1 aromatic rings. The van der Waals surface area contributed by atoms with E-state index in [1.165, 1.54) is 11.4 Å². The van der Waals surface area contributed by atoms with E-state index in [0.717, 1.165) is 5.56 Å². The van der Waals surface area contributed by atoms with Gasteiger partial charge in [-0.05, 0) is 18.4 Å². The number of hydrogen-bond donors (Lipinski definition) is 0.